The number of amides is 1. The number of rotatable bonds is 3. The Hall–Kier alpha value is -2.76. The Kier molecular flexibility index (Phi) is 3.51. The highest BCUT2D eigenvalue weighted by Gasteiger charge is 2.11. The molecule has 0 bridgehead atoms. The quantitative estimate of drug-likeness (QED) is 0.776. The molecule has 0 unspecified atom stereocenters. The van der Waals surface area contributed by atoms with Crippen LogP contribution >= 0.6 is 0 Å². The maximum atomic E-state index is 11.9. The van der Waals surface area contributed by atoms with Gasteiger partial charge >= 0.3 is 0 Å². The number of benzene rings is 1. The van der Waals surface area contributed by atoms with Crippen LogP contribution in [0.3, 0.4) is 0 Å². The number of hydrogen-bond donors (Lipinski definition) is 3. The van der Waals surface area contributed by atoms with Gasteiger partial charge in [-0.15, -0.1) is 0 Å². The van der Waals surface area contributed by atoms with Crippen molar-refractivity contribution in [3.05, 3.63) is 52.4 Å². The molecule has 0 aliphatic rings. The monoisotopic (exact) mass is 260 g/mol. The summed E-state index contributed by atoms with van der Waals surface area (Å²) >= 11 is 0. The van der Waals surface area contributed by atoms with Gasteiger partial charge in [-0.25, -0.2) is 0 Å². The normalized spacial score (nSPS) is 9.95. The maximum absolute atomic E-state index is 11.9. The van der Waals surface area contributed by atoms with Crippen molar-refractivity contribution < 1.29 is 14.6 Å². The van der Waals surface area contributed by atoms with E-state index in [1.165, 1.54) is 0 Å². The fourth-order valence-electron chi connectivity index (χ4n) is 1.52. The average molecular weight is 260 g/mol. The highest BCUT2D eigenvalue weighted by Crippen LogP contribution is 2.18. The van der Waals surface area contributed by atoms with Crippen molar-refractivity contribution in [3.63, 3.8) is 0 Å². The van der Waals surface area contributed by atoms with E-state index in [0.29, 0.717) is 11.4 Å². The average Bonchev–Trinajstić information content (AvgIpc) is 2.39. The van der Waals surface area contributed by atoms with Gasteiger partial charge in [-0.1, -0.05) is 0 Å². The van der Waals surface area contributed by atoms with Gasteiger partial charge in [-0.3, -0.25) is 9.59 Å². The first-order chi connectivity index (χ1) is 9.10. The third-order valence-electron chi connectivity index (χ3n) is 2.50. The lowest BCUT2D eigenvalue weighted by Gasteiger charge is -2.07. The topological polar surface area (TPSA) is 91.4 Å². The summed E-state index contributed by atoms with van der Waals surface area (Å²) < 4.78 is 5.00. The van der Waals surface area contributed by atoms with Crippen LogP contribution in [0.4, 0.5) is 5.69 Å². The summed E-state index contributed by atoms with van der Waals surface area (Å²) in [5, 5.41) is 12.1. The Labute approximate surface area is 108 Å². The van der Waals surface area contributed by atoms with E-state index in [1.807, 2.05) is 0 Å². The smallest absolute Gasteiger partial charge is 0.260 e. The summed E-state index contributed by atoms with van der Waals surface area (Å²) in [5.41, 5.74) is 0.0744. The van der Waals surface area contributed by atoms with E-state index in [0.717, 1.165) is 12.3 Å². The van der Waals surface area contributed by atoms with Gasteiger partial charge in [0.2, 0.25) is 0 Å². The summed E-state index contributed by atoms with van der Waals surface area (Å²) in [6.07, 6.45) is 1.16. The number of carbonyl (C=O) groups excluding carboxylic acids is 1. The summed E-state index contributed by atoms with van der Waals surface area (Å²) in [6.45, 7) is 0. The summed E-state index contributed by atoms with van der Waals surface area (Å²) in [4.78, 5) is 25.1. The Morgan fingerprint density at radius 3 is 2.58 bits per heavy atom. The van der Waals surface area contributed by atoms with Gasteiger partial charge in [0.15, 0.2) is 0 Å². The number of nitrogens with one attached hydrogen (secondary N) is 2. The molecule has 1 heterocycles. The predicted molar refractivity (Wildman–Crippen MR) is 69.7 cm³/mol. The van der Waals surface area contributed by atoms with Crippen molar-refractivity contribution in [2.75, 3.05) is 12.4 Å². The third-order valence-corrected chi connectivity index (χ3v) is 2.50. The number of methoxy groups -OCH3 is 1. The van der Waals surface area contributed by atoms with Crippen molar-refractivity contribution in [2.24, 2.45) is 0 Å². The zero-order chi connectivity index (χ0) is 13.8. The number of pyridine rings is 1. The molecule has 0 aliphatic carbocycles. The number of aromatic nitrogens is 1. The fourth-order valence-corrected chi connectivity index (χ4v) is 1.52. The summed E-state index contributed by atoms with van der Waals surface area (Å²) in [6, 6.07) is 7.67. The fraction of sp³-hybridized carbons (Fsp3) is 0.0769. The number of H-pyrrole nitrogens is 1. The molecule has 0 spiro atoms. The number of aromatic amines is 1. The first-order valence-electron chi connectivity index (χ1n) is 5.47. The third kappa shape index (κ3) is 2.92. The predicted octanol–water partition coefficient (Wildman–Crippen LogP) is 1.34. The number of hydrogen-bond acceptors (Lipinski definition) is 4. The van der Waals surface area contributed by atoms with E-state index in [9.17, 15) is 14.7 Å². The van der Waals surface area contributed by atoms with E-state index in [-0.39, 0.29) is 11.3 Å². The van der Waals surface area contributed by atoms with Crippen LogP contribution in [0.2, 0.25) is 0 Å². The largest absolute Gasteiger partial charge is 0.507 e. The molecule has 0 atom stereocenters. The molecular weight excluding hydrogens is 248 g/mol. The van der Waals surface area contributed by atoms with Crippen LogP contribution in [0.15, 0.2) is 41.3 Å². The maximum Gasteiger partial charge on any atom is 0.260 e. The van der Waals surface area contributed by atoms with Gasteiger partial charge in [0, 0.05) is 18.0 Å². The van der Waals surface area contributed by atoms with Crippen molar-refractivity contribution in [2.45, 2.75) is 0 Å². The highest BCUT2D eigenvalue weighted by atomic mass is 16.5. The van der Waals surface area contributed by atoms with Crippen LogP contribution in [0.1, 0.15) is 10.4 Å². The zero-order valence-corrected chi connectivity index (χ0v) is 10.1. The second kappa shape index (κ2) is 5.26. The first-order valence-corrected chi connectivity index (χ1v) is 5.47. The van der Waals surface area contributed by atoms with Crippen molar-refractivity contribution in [1.29, 1.82) is 0 Å². The Balaban J connectivity index is 2.18. The molecule has 0 saturated carbocycles. The molecule has 6 nitrogen and oxygen atoms in total. The molecule has 0 aliphatic heterocycles. The number of ether oxygens (including phenoxy) is 1. The van der Waals surface area contributed by atoms with Crippen LogP contribution in [-0.2, 0) is 0 Å². The standard InChI is InChI=1S/C13H12N2O4/c1-19-9-4-2-8(3-5-9)15-13(18)10-7-14-12(17)6-11(10)16/h2-7H,1H3,(H,15,18)(H2,14,16,17). The Morgan fingerprint density at radius 2 is 2.00 bits per heavy atom. The molecule has 0 fully saturated rings. The number of carbonyl (C=O) groups is 1. The zero-order valence-electron chi connectivity index (χ0n) is 10.1. The van der Waals surface area contributed by atoms with Crippen molar-refractivity contribution >= 4 is 11.6 Å². The van der Waals surface area contributed by atoms with E-state index in [1.54, 1.807) is 31.4 Å². The summed E-state index contributed by atoms with van der Waals surface area (Å²) in [5.74, 6) is -0.210. The lowest BCUT2D eigenvalue weighted by Crippen LogP contribution is -2.15. The molecule has 98 valence electrons. The minimum Gasteiger partial charge on any atom is -0.507 e. The van der Waals surface area contributed by atoms with Gasteiger partial charge in [0.25, 0.3) is 11.5 Å². The molecule has 19 heavy (non-hydrogen) atoms. The molecule has 6 heteroatoms. The first kappa shape index (κ1) is 12.7. The van der Waals surface area contributed by atoms with E-state index in [4.69, 9.17) is 4.74 Å². The molecule has 3 N–H and O–H groups in total. The van der Waals surface area contributed by atoms with Gasteiger partial charge in [-0.2, -0.15) is 0 Å². The lowest BCUT2D eigenvalue weighted by atomic mass is 10.2. The van der Waals surface area contributed by atoms with E-state index < -0.39 is 11.5 Å². The van der Waals surface area contributed by atoms with Gasteiger partial charge < -0.3 is 20.1 Å². The van der Waals surface area contributed by atoms with E-state index in [2.05, 4.69) is 10.3 Å². The SMILES string of the molecule is COc1ccc(NC(=O)c2c[nH]c(=O)cc2O)cc1. The van der Waals surface area contributed by atoms with Crippen LogP contribution in [-0.4, -0.2) is 23.1 Å². The molecule has 2 aromatic rings. The minimum absolute atomic E-state index is 0.00424. The van der Waals surface area contributed by atoms with Gasteiger partial charge in [0.05, 0.1) is 12.7 Å². The Bertz CT molecular complexity index is 646. The molecule has 0 radical (unpaired) electrons. The van der Waals surface area contributed by atoms with Gasteiger partial charge in [-0.05, 0) is 24.3 Å². The highest BCUT2D eigenvalue weighted by molar-refractivity contribution is 6.05. The van der Waals surface area contributed by atoms with Crippen LogP contribution < -0.4 is 15.6 Å². The Morgan fingerprint density at radius 1 is 1.32 bits per heavy atom. The van der Waals surface area contributed by atoms with Crippen LogP contribution in [0, 0.1) is 0 Å². The lowest BCUT2D eigenvalue weighted by molar-refractivity contribution is 0.102. The number of anilines is 1. The second-order valence-electron chi connectivity index (χ2n) is 3.78. The number of aromatic hydroxyl groups is 1. The molecular formula is C13H12N2O4. The van der Waals surface area contributed by atoms with Crippen molar-refractivity contribution in [3.8, 4) is 11.5 Å². The van der Waals surface area contributed by atoms with Crippen LogP contribution in [0.25, 0.3) is 0 Å². The molecule has 1 amide bonds. The minimum atomic E-state index is -0.515. The summed E-state index contributed by atoms with van der Waals surface area (Å²) in [7, 11) is 1.55. The second-order valence-corrected chi connectivity index (χ2v) is 3.78. The van der Waals surface area contributed by atoms with Crippen LogP contribution in [0.5, 0.6) is 11.5 Å². The molecule has 1 aromatic carbocycles. The van der Waals surface area contributed by atoms with E-state index >= 15 is 0 Å². The van der Waals surface area contributed by atoms with Gasteiger partial charge in [0.1, 0.15) is 11.5 Å². The molecule has 0 saturated heterocycles. The molecule has 2 rings (SSSR count). The van der Waals surface area contributed by atoms with Crippen molar-refractivity contribution in [1.82, 2.24) is 4.98 Å². The molecule has 1 aromatic heterocycles.